The van der Waals surface area contributed by atoms with Gasteiger partial charge in [0.1, 0.15) is 0 Å². The van der Waals surface area contributed by atoms with E-state index in [-0.39, 0.29) is 18.6 Å². The van der Waals surface area contributed by atoms with E-state index in [2.05, 4.69) is 0 Å². The SMILES string of the molecule is CC(=O)N1CCc2ccc(S(=O)(=O)N3CCOC(CN)C3)cc2CC1. The van der Waals surface area contributed by atoms with Gasteiger partial charge in [0.15, 0.2) is 0 Å². The molecular formula is C17H25N3O4S. The molecule has 1 aromatic carbocycles. The van der Waals surface area contributed by atoms with E-state index in [1.807, 2.05) is 11.0 Å². The first-order chi connectivity index (χ1) is 11.9. The number of amides is 1. The highest BCUT2D eigenvalue weighted by atomic mass is 32.2. The summed E-state index contributed by atoms with van der Waals surface area (Å²) in [4.78, 5) is 13.7. The summed E-state index contributed by atoms with van der Waals surface area (Å²) in [5.74, 6) is 0.0572. The molecular weight excluding hydrogens is 342 g/mol. The van der Waals surface area contributed by atoms with Crippen molar-refractivity contribution < 1.29 is 17.9 Å². The molecule has 0 bridgehead atoms. The van der Waals surface area contributed by atoms with Crippen molar-refractivity contribution in [3.05, 3.63) is 29.3 Å². The van der Waals surface area contributed by atoms with E-state index < -0.39 is 10.0 Å². The number of fused-ring (bicyclic) bond motifs is 1. The Balaban J connectivity index is 1.83. The van der Waals surface area contributed by atoms with Gasteiger partial charge in [-0.15, -0.1) is 0 Å². The van der Waals surface area contributed by atoms with Gasteiger partial charge in [0, 0.05) is 39.6 Å². The molecule has 1 atom stereocenters. The zero-order valence-corrected chi connectivity index (χ0v) is 15.3. The van der Waals surface area contributed by atoms with E-state index >= 15 is 0 Å². The summed E-state index contributed by atoms with van der Waals surface area (Å²) in [5.41, 5.74) is 7.74. The van der Waals surface area contributed by atoms with Crippen LogP contribution in [0.1, 0.15) is 18.1 Å². The molecule has 138 valence electrons. The molecule has 1 fully saturated rings. The van der Waals surface area contributed by atoms with Gasteiger partial charge < -0.3 is 15.4 Å². The molecule has 7 nitrogen and oxygen atoms in total. The third-order valence-corrected chi connectivity index (χ3v) is 6.79. The van der Waals surface area contributed by atoms with Crippen LogP contribution in [-0.4, -0.2) is 69.0 Å². The summed E-state index contributed by atoms with van der Waals surface area (Å²) in [5, 5.41) is 0. The topological polar surface area (TPSA) is 92.9 Å². The Hall–Kier alpha value is -1.48. The minimum atomic E-state index is -3.56. The van der Waals surface area contributed by atoms with Gasteiger partial charge in [-0.1, -0.05) is 6.07 Å². The van der Waals surface area contributed by atoms with Crippen LogP contribution in [0.3, 0.4) is 0 Å². The second kappa shape index (κ2) is 7.41. The number of benzene rings is 1. The summed E-state index contributed by atoms with van der Waals surface area (Å²) in [6.45, 7) is 4.16. The summed E-state index contributed by atoms with van der Waals surface area (Å²) in [6, 6.07) is 5.32. The zero-order chi connectivity index (χ0) is 18.0. The number of ether oxygens (including phenoxy) is 1. The van der Waals surface area contributed by atoms with Crippen LogP contribution in [0.25, 0.3) is 0 Å². The van der Waals surface area contributed by atoms with Crippen molar-refractivity contribution in [2.45, 2.75) is 30.8 Å². The Kier molecular flexibility index (Phi) is 5.43. The maximum atomic E-state index is 13.0. The smallest absolute Gasteiger partial charge is 0.243 e. The first kappa shape index (κ1) is 18.3. The molecule has 2 aliphatic rings. The predicted molar refractivity (Wildman–Crippen MR) is 93.7 cm³/mol. The van der Waals surface area contributed by atoms with Crippen LogP contribution < -0.4 is 5.73 Å². The number of morpholine rings is 1. The van der Waals surface area contributed by atoms with Crippen molar-refractivity contribution in [2.24, 2.45) is 5.73 Å². The third-order valence-electron chi connectivity index (χ3n) is 4.93. The van der Waals surface area contributed by atoms with Crippen molar-refractivity contribution in [3.8, 4) is 0 Å². The van der Waals surface area contributed by atoms with Crippen LogP contribution in [0.4, 0.5) is 0 Å². The lowest BCUT2D eigenvalue weighted by molar-refractivity contribution is -0.128. The van der Waals surface area contributed by atoms with Crippen LogP contribution in [-0.2, 0) is 32.4 Å². The van der Waals surface area contributed by atoms with Crippen LogP contribution in [0.2, 0.25) is 0 Å². The minimum Gasteiger partial charge on any atom is -0.374 e. The van der Waals surface area contributed by atoms with E-state index in [9.17, 15) is 13.2 Å². The third kappa shape index (κ3) is 3.87. The first-order valence-electron chi connectivity index (χ1n) is 8.61. The van der Waals surface area contributed by atoms with Crippen LogP contribution >= 0.6 is 0 Å². The van der Waals surface area contributed by atoms with Crippen LogP contribution in [0.15, 0.2) is 23.1 Å². The number of carbonyl (C=O) groups is 1. The quantitative estimate of drug-likeness (QED) is 0.811. The van der Waals surface area contributed by atoms with Crippen LogP contribution in [0, 0.1) is 0 Å². The largest absolute Gasteiger partial charge is 0.374 e. The van der Waals surface area contributed by atoms with E-state index in [1.54, 1.807) is 19.1 Å². The fourth-order valence-corrected chi connectivity index (χ4v) is 4.89. The number of hydrogen-bond acceptors (Lipinski definition) is 5. The summed E-state index contributed by atoms with van der Waals surface area (Å²) < 4.78 is 32.8. The van der Waals surface area contributed by atoms with E-state index in [4.69, 9.17) is 10.5 Å². The molecule has 25 heavy (non-hydrogen) atoms. The predicted octanol–water partition coefficient (Wildman–Crippen LogP) is -0.0181. The fourth-order valence-electron chi connectivity index (χ4n) is 3.38. The summed E-state index contributed by atoms with van der Waals surface area (Å²) in [7, 11) is -3.56. The molecule has 1 saturated heterocycles. The molecule has 1 amide bonds. The average Bonchev–Trinajstić information content (AvgIpc) is 2.83. The molecule has 0 aliphatic carbocycles. The monoisotopic (exact) mass is 367 g/mol. The molecule has 2 aliphatic heterocycles. The highest BCUT2D eigenvalue weighted by Crippen LogP contribution is 2.24. The lowest BCUT2D eigenvalue weighted by Gasteiger charge is -2.31. The average molecular weight is 367 g/mol. The van der Waals surface area contributed by atoms with Crippen molar-refractivity contribution in [2.75, 3.05) is 39.3 Å². The standard InChI is InChI=1S/C17H25N3O4S/c1-13(21)19-6-4-14-2-3-17(10-15(14)5-7-19)25(22,23)20-8-9-24-16(11-18)12-20/h2-3,10,16H,4-9,11-12,18H2,1H3. The van der Waals surface area contributed by atoms with Gasteiger partial charge in [-0.2, -0.15) is 4.31 Å². The highest BCUT2D eigenvalue weighted by molar-refractivity contribution is 7.89. The van der Waals surface area contributed by atoms with Gasteiger partial charge in [-0.05, 0) is 36.1 Å². The zero-order valence-electron chi connectivity index (χ0n) is 14.5. The molecule has 0 spiro atoms. The number of carbonyl (C=O) groups excluding carboxylic acids is 1. The molecule has 3 rings (SSSR count). The maximum absolute atomic E-state index is 13.0. The molecule has 2 heterocycles. The lowest BCUT2D eigenvalue weighted by atomic mass is 10.0. The number of nitrogens with two attached hydrogens (primary N) is 1. The maximum Gasteiger partial charge on any atom is 0.243 e. The molecule has 0 aromatic heterocycles. The number of nitrogens with zero attached hydrogens (tertiary/aromatic N) is 2. The molecule has 1 unspecified atom stereocenters. The van der Waals surface area contributed by atoms with Crippen molar-refractivity contribution in [3.63, 3.8) is 0 Å². The number of hydrogen-bond donors (Lipinski definition) is 1. The first-order valence-corrected chi connectivity index (χ1v) is 10.0. The van der Waals surface area contributed by atoms with Gasteiger partial charge in [0.05, 0.1) is 17.6 Å². The van der Waals surface area contributed by atoms with Gasteiger partial charge in [-0.25, -0.2) is 8.42 Å². The number of rotatable bonds is 3. The normalized spacial score (nSPS) is 22.3. The minimum absolute atomic E-state index is 0.0572. The molecule has 8 heteroatoms. The Labute approximate surface area is 148 Å². The fraction of sp³-hybridized carbons (Fsp3) is 0.588. The van der Waals surface area contributed by atoms with Crippen molar-refractivity contribution in [1.29, 1.82) is 0 Å². The van der Waals surface area contributed by atoms with Gasteiger partial charge in [0.2, 0.25) is 15.9 Å². The van der Waals surface area contributed by atoms with E-state index in [0.29, 0.717) is 44.1 Å². The highest BCUT2D eigenvalue weighted by Gasteiger charge is 2.31. The Morgan fingerprint density at radius 1 is 1.24 bits per heavy atom. The summed E-state index contributed by atoms with van der Waals surface area (Å²) in [6.07, 6.45) is 1.17. The Morgan fingerprint density at radius 2 is 1.96 bits per heavy atom. The second-order valence-corrected chi connectivity index (χ2v) is 8.47. The second-order valence-electron chi connectivity index (χ2n) is 6.53. The lowest BCUT2D eigenvalue weighted by Crippen LogP contribution is -2.48. The number of sulfonamides is 1. The molecule has 2 N–H and O–H groups in total. The van der Waals surface area contributed by atoms with Gasteiger partial charge in [-0.3, -0.25) is 4.79 Å². The van der Waals surface area contributed by atoms with Crippen molar-refractivity contribution in [1.82, 2.24) is 9.21 Å². The molecule has 1 aromatic rings. The summed E-state index contributed by atoms with van der Waals surface area (Å²) >= 11 is 0. The molecule has 0 saturated carbocycles. The Morgan fingerprint density at radius 3 is 2.64 bits per heavy atom. The van der Waals surface area contributed by atoms with Gasteiger partial charge >= 0.3 is 0 Å². The van der Waals surface area contributed by atoms with Crippen molar-refractivity contribution >= 4 is 15.9 Å². The van der Waals surface area contributed by atoms with E-state index in [0.717, 1.165) is 17.5 Å². The van der Waals surface area contributed by atoms with Gasteiger partial charge in [0.25, 0.3) is 0 Å². The van der Waals surface area contributed by atoms with Crippen LogP contribution in [0.5, 0.6) is 0 Å². The molecule has 0 radical (unpaired) electrons. The Bertz CT molecular complexity index is 750. The van der Waals surface area contributed by atoms with E-state index in [1.165, 1.54) is 4.31 Å².